The molecule has 0 saturated carbocycles. The van der Waals surface area contributed by atoms with Crippen LogP contribution in [0.4, 0.5) is 0 Å². The molecule has 22 heavy (non-hydrogen) atoms. The lowest BCUT2D eigenvalue weighted by Crippen LogP contribution is -1.77. The zero-order valence-electron chi connectivity index (χ0n) is 14.7. The largest absolute Gasteiger partial charge is 0.262 e. The number of fused-ring (bicyclic) bond motifs is 1. The zero-order chi connectivity index (χ0) is 16.8. The highest BCUT2D eigenvalue weighted by Gasteiger charge is 1.90. The Labute approximate surface area is 135 Å². The molecule has 0 spiro atoms. The van der Waals surface area contributed by atoms with Gasteiger partial charge in [0.2, 0.25) is 0 Å². The van der Waals surface area contributed by atoms with Crippen molar-refractivity contribution in [1.82, 2.24) is 9.97 Å². The maximum Gasteiger partial charge on any atom is 0.0704 e. The van der Waals surface area contributed by atoms with E-state index in [1.807, 2.05) is 65.1 Å². The fourth-order valence-corrected chi connectivity index (χ4v) is 1.62. The summed E-state index contributed by atoms with van der Waals surface area (Å²) in [4.78, 5) is 8.22. The Balaban J connectivity index is 0.000000348. The second-order valence-corrected chi connectivity index (χ2v) is 4.17. The summed E-state index contributed by atoms with van der Waals surface area (Å²) in [7, 11) is 0. The van der Waals surface area contributed by atoms with Crippen molar-refractivity contribution in [2.45, 2.75) is 41.5 Å². The number of hydrogen-bond donors (Lipinski definition) is 0. The smallest absolute Gasteiger partial charge is 0.0704 e. The van der Waals surface area contributed by atoms with E-state index in [-0.39, 0.29) is 0 Å². The fraction of sp³-hybridized carbons (Fsp3) is 0.300. The van der Waals surface area contributed by atoms with Crippen LogP contribution in [0, 0.1) is 13.8 Å². The van der Waals surface area contributed by atoms with Crippen molar-refractivity contribution < 1.29 is 0 Å². The van der Waals surface area contributed by atoms with Gasteiger partial charge in [0.1, 0.15) is 0 Å². The number of pyridine rings is 2. The van der Waals surface area contributed by atoms with Crippen LogP contribution in [0.5, 0.6) is 0 Å². The number of nitrogens with zero attached hydrogens (tertiary/aromatic N) is 2. The molecule has 2 nitrogen and oxygen atoms in total. The number of aromatic nitrogens is 2. The molecular weight excluding hydrogens is 268 g/mol. The molecule has 0 radical (unpaired) electrons. The van der Waals surface area contributed by atoms with Gasteiger partial charge < -0.3 is 0 Å². The first-order chi connectivity index (χ1) is 10.8. The highest BCUT2D eigenvalue weighted by Crippen LogP contribution is 2.11. The van der Waals surface area contributed by atoms with Crippen LogP contribution in [0.15, 0.2) is 60.9 Å². The van der Waals surface area contributed by atoms with Crippen molar-refractivity contribution in [3.8, 4) is 0 Å². The second kappa shape index (κ2) is 12.5. The molecule has 0 aliphatic carbocycles. The summed E-state index contributed by atoms with van der Waals surface area (Å²) in [5, 5.41) is 1.21. The van der Waals surface area contributed by atoms with Gasteiger partial charge in [-0.1, -0.05) is 52.0 Å². The third-order valence-corrected chi connectivity index (χ3v) is 2.57. The van der Waals surface area contributed by atoms with Gasteiger partial charge in [-0.25, -0.2) is 0 Å². The molecule has 0 bridgehead atoms. The zero-order valence-corrected chi connectivity index (χ0v) is 14.7. The first-order valence-electron chi connectivity index (χ1n) is 7.95. The van der Waals surface area contributed by atoms with Gasteiger partial charge >= 0.3 is 0 Å². The molecule has 1 aromatic carbocycles. The molecule has 2 heterocycles. The molecule has 0 saturated heterocycles. The topological polar surface area (TPSA) is 25.8 Å². The summed E-state index contributed by atoms with van der Waals surface area (Å²) in [5.41, 5.74) is 3.41. The molecule has 2 aromatic heterocycles. The standard InChI is InChI=1S/C10H9N.C6H7N.2C2H6/c1-8-4-5-9-3-2-6-11-10(9)7-8;1-6-4-2-3-5-7-6;2*1-2/h2-7H,1H3;2-5H,1H3;2*1-2H3. The summed E-state index contributed by atoms with van der Waals surface area (Å²) < 4.78 is 0. The molecule has 0 fully saturated rings. The first kappa shape index (κ1) is 19.8. The lowest BCUT2D eigenvalue weighted by atomic mass is 10.1. The number of hydrogen-bond acceptors (Lipinski definition) is 2. The molecule has 0 aliphatic rings. The Morgan fingerprint density at radius 3 is 1.91 bits per heavy atom. The molecule has 0 amide bonds. The van der Waals surface area contributed by atoms with Gasteiger partial charge in [0.25, 0.3) is 0 Å². The van der Waals surface area contributed by atoms with E-state index < -0.39 is 0 Å². The minimum absolute atomic E-state index is 1.07. The molecule has 118 valence electrons. The predicted octanol–water partition coefficient (Wildman–Crippen LogP) is 5.99. The van der Waals surface area contributed by atoms with E-state index >= 15 is 0 Å². The third kappa shape index (κ3) is 7.53. The van der Waals surface area contributed by atoms with Crippen LogP contribution in [0.1, 0.15) is 39.0 Å². The van der Waals surface area contributed by atoms with E-state index in [1.165, 1.54) is 10.9 Å². The van der Waals surface area contributed by atoms with Crippen LogP contribution < -0.4 is 0 Å². The summed E-state index contributed by atoms with van der Waals surface area (Å²) >= 11 is 0. The number of rotatable bonds is 0. The van der Waals surface area contributed by atoms with Gasteiger partial charge in [0.05, 0.1) is 5.52 Å². The van der Waals surface area contributed by atoms with Crippen LogP contribution in [0.3, 0.4) is 0 Å². The third-order valence-electron chi connectivity index (χ3n) is 2.57. The van der Waals surface area contributed by atoms with Crippen LogP contribution in [0.2, 0.25) is 0 Å². The maximum atomic E-state index is 4.24. The van der Waals surface area contributed by atoms with Crippen LogP contribution in [-0.4, -0.2) is 9.97 Å². The lowest BCUT2D eigenvalue weighted by molar-refractivity contribution is 1.20. The quantitative estimate of drug-likeness (QED) is 0.509. The van der Waals surface area contributed by atoms with Gasteiger partial charge in [-0.15, -0.1) is 0 Å². The minimum Gasteiger partial charge on any atom is -0.262 e. The molecule has 0 unspecified atom stereocenters. The highest BCUT2D eigenvalue weighted by atomic mass is 14.6. The molecule has 3 rings (SSSR count). The first-order valence-corrected chi connectivity index (χ1v) is 7.95. The van der Waals surface area contributed by atoms with Gasteiger partial charge in [-0.05, 0) is 43.7 Å². The monoisotopic (exact) mass is 296 g/mol. The molecule has 0 atom stereocenters. The SMILES string of the molecule is CC.CC.Cc1ccc2cccnc2c1.Cc1ccccn1. The molecule has 3 aromatic rings. The normalized spacial score (nSPS) is 8.45. The van der Waals surface area contributed by atoms with Gasteiger partial charge in [-0.3, -0.25) is 9.97 Å². The average molecular weight is 296 g/mol. The second-order valence-electron chi connectivity index (χ2n) is 4.17. The van der Waals surface area contributed by atoms with Crippen LogP contribution in [0.25, 0.3) is 10.9 Å². The van der Waals surface area contributed by atoms with E-state index in [4.69, 9.17) is 0 Å². The summed E-state index contributed by atoms with van der Waals surface area (Å²) in [5.74, 6) is 0. The van der Waals surface area contributed by atoms with E-state index in [0.717, 1.165) is 11.2 Å². The Hall–Kier alpha value is -2.22. The molecular formula is C20H28N2. The molecule has 0 N–H and O–H groups in total. The average Bonchev–Trinajstić information content (AvgIpc) is 2.60. The minimum atomic E-state index is 1.07. The Bertz CT molecular complexity index is 619. The Morgan fingerprint density at radius 2 is 1.36 bits per heavy atom. The summed E-state index contributed by atoms with van der Waals surface area (Å²) in [6.07, 6.45) is 3.61. The predicted molar refractivity (Wildman–Crippen MR) is 98.2 cm³/mol. The van der Waals surface area contributed by atoms with Crippen LogP contribution in [-0.2, 0) is 0 Å². The van der Waals surface area contributed by atoms with E-state index in [2.05, 4.69) is 41.2 Å². The van der Waals surface area contributed by atoms with Crippen molar-refractivity contribution in [2.75, 3.05) is 0 Å². The van der Waals surface area contributed by atoms with Crippen molar-refractivity contribution in [3.05, 3.63) is 72.2 Å². The van der Waals surface area contributed by atoms with Gasteiger partial charge in [0.15, 0.2) is 0 Å². The van der Waals surface area contributed by atoms with E-state index in [1.54, 1.807) is 6.20 Å². The number of aryl methyl sites for hydroxylation is 2. The Morgan fingerprint density at radius 1 is 0.682 bits per heavy atom. The number of benzene rings is 1. The van der Waals surface area contributed by atoms with Crippen molar-refractivity contribution in [2.24, 2.45) is 0 Å². The fourth-order valence-electron chi connectivity index (χ4n) is 1.62. The van der Waals surface area contributed by atoms with Gasteiger partial charge in [0, 0.05) is 23.5 Å². The lowest BCUT2D eigenvalue weighted by Gasteiger charge is -1.95. The Kier molecular flexibility index (Phi) is 11.3. The maximum absolute atomic E-state index is 4.24. The van der Waals surface area contributed by atoms with Crippen LogP contribution >= 0.6 is 0 Å². The van der Waals surface area contributed by atoms with Crippen molar-refractivity contribution in [3.63, 3.8) is 0 Å². The van der Waals surface area contributed by atoms with Crippen molar-refractivity contribution in [1.29, 1.82) is 0 Å². The van der Waals surface area contributed by atoms with Gasteiger partial charge in [-0.2, -0.15) is 0 Å². The molecule has 0 aliphatic heterocycles. The summed E-state index contributed by atoms with van der Waals surface area (Å²) in [6.45, 7) is 12.0. The molecule has 2 heteroatoms. The van der Waals surface area contributed by atoms with Crippen molar-refractivity contribution >= 4 is 10.9 Å². The van der Waals surface area contributed by atoms with E-state index in [0.29, 0.717) is 0 Å². The van der Waals surface area contributed by atoms with E-state index in [9.17, 15) is 0 Å². The highest BCUT2D eigenvalue weighted by molar-refractivity contribution is 5.78. The summed E-state index contributed by atoms with van der Waals surface area (Å²) in [6, 6.07) is 16.2.